The Morgan fingerprint density at radius 1 is 0.893 bits per heavy atom. The van der Waals surface area contributed by atoms with E-state index in [1.54, 1.807) is 0 Å². The van der Waals surface area contributed by atoms with Crippen molar-refractivity contribution in [1.82, 2.24) is 9.80 Å². The molecule has 0 unspecified atom stereocenters. The quantitative estimate of drug-likeness (QED) is 0.846. The van der Waals surface area contributed by atoms with Gasteiger partial charge in [0.25, 0.3) is 0 Å². The average Bonchev–Trinajstić information content (AvgIpc) is 2.63. The maximum absolute atomic E-state index is 15.2. The van der Waals surface area contributed by atoms with Crippen LogP contribution in [-0.2, 0) is 16.8 Å². The first-order valence-electron chi connectivity index (χ1n) is 10.2. The Bertz CT molecular complexity index is 819. The van der Waals surface area contributed by atoms with E-state index in [-0.39, 0.29) is 5.54 Å². The summed E-state index contributed by atoms with van der Waals surface area (Å²) >= 11 is 0. The maximum atomic E-state index is 15.2. The first kappa shape index (κ1) is 19.6. The normalized spacial score (nSPS) is 22.0. The molecule has 0 radical (unpaired) electrons. The number of alkyl halides is 1. The SMILES string of the molecule is CC(C)N1CC(O)(c2ccc(C(C)(C)N3CC(F)(c4ccccc4)C3)cc2)C1. The van der Waals surface area contributed by atoms with Crippen molar-refractivity contribution in [2.45, 2.75) is 50.5 Å². The number of β-amino-alcohol motifs (C(OH)–C–C–N with tert-alkyl or cyclic N) is 1. The molecule has 2 aliphatic heterocycles. The zero-order valence-corrected chi connectivity index (χ0v) is 17.3. The van der Waals surface area contributed by atoms with E-state index in [1.165, 1.54) is 0 Å². The second-order valence-electron chi connectivity index (χ2n) is 9.35. The molecular formula is C24H31FN2O. The van der Waals surface area contributed by atoms with Gasteiger partial charge in [0, 0.05) is 37.8 Å². The van der Waals surface area contributed by atoms with Gasteiger partial charge in [-0.15, -0.1) is 0 Å². The summed E-state index contributed by atoms with van der Waals surface area (Å²) in [5.74, 6) is 0. The minimum Gasteiger partial charge on any atom is -0.382 e. The maximum Gasteiger partial charge on any atom is 0.161 e. The summed E-state index contributed by atoms with van der Waals surface area (Å²) in [6, 6.07) is 18.2. The lowest BCUT2D eigenvalue weighted by atomic mass is 9.79. The molecule has 150 valence electrons. The van der Waals surface area contributed by atoms with E-state index in [0.29, 0.717) is 32.2 Å². The number of benzene rings is 2. The molecule has 2 fully saturated rings. The second-order valence-corrected chi connectivity index (χ2v) is 9.35. The Hall–Kier alpha value is -1.75. The third kappa shape index (κ3) is 3.18. The van der Waals surface area contributed by atoms with Crippen LogP contribution in [-0.4, -0.2) is 47.1 Å². The van der Waals surface area contributed by atoms with Crippen LogP contribution >= 0.6 is 0 Å². The molecule has 0 saturated carbocycles. The molecule has 2 aromatic rings. The number of nitrogens with zero attached hydrogens (tertiary/aromatic N) is 2. The molecule has 2 aromatic carbocycles. The molecule has 3 nitrogen and oxygen atoms in total. The van der Waals surface area contributed by atoms with Gasteiger partial charge in [-0.3, -0.25) is 9.80 Å². The number of hydrogen-bond acceptors (Lipinski definition) is 3. The molecule has 0 bridgehead atoms. The van der Waals surface area contributed by atoms with Gasteiger partial charge in [-0.25, -0.2) is 4.39 Å². The van der Waals surface area contributed by atoms with Crippen molar-refractivity contribution in [1.29, 1.82) is 0 Å². The summed E-state index contributed by atoms with van der Waals surface area (Å²) in [6.07, 6.45) is 0. The van der Waals surface area contributed by atoms with Crippen molar-refractivity contribution in [3.63, 3.8) is 0 Å². The van der Waals surface area contributed by atoms with Crippen molar-refractivity contribution in [3.05, 3.63) is 71.3 Å². The van der Waals surface area contributed by atoms with Gasteiger partial charge in [0.05, 0.1) is 0 Å². The fourth-order valence-electron chi connectivity index (χ4n) is 4.42. The van der Waals surface area contributed by atoms with Gasteiger partial charge in [0.15, 0.2) is 5.67 Å². The largest absolute Gasteiger partial charge is 0.382 e. The fraction of sp³-hybridized carbons (Fsp3) is 0.500. The number of rotatable bonds is 5. The molecule has 4 rings (SSSR count). The van der Waals surface area contributed by atoms with Gasteiger partial charge in [-0.05, 0) is 44.4 Å². The lowest BCUT2D eigenvalue weighted by Crippen LogP contribution is -2.62. The highest BCUT2D eigenvalue weighted by atomic mass is 19.1. The molecule has 2 saturated heterocycles. The molecule has 0 atom stereocenters. The minimum atomic E-state index is -1.26. The zero-order chi connectivity index (χ0) is 20.2. The van der Waals surface area contributed by atoms with Gasteiger partial charge < -0.3 is 5.11 Å². The van der Waals surface area contributed by atoms with Gasteiger partial charge in [-0.1, -0.05) is 54.6 Å². The standard InChI is InChI=1S/C24H31FN2O/c1-18(2)26-16-24(28,17-26)21-12-10-19(11-13-21)22(3,4)27-14-23(25,15-27)20-8-6-5-7-9-20/h5-13,18,28H,14-17H2,1-4H3. The fourth-order valence-corrected chi connectivity index (χ4v) is 4.42. The van der Waals surface area contributed by atoms with Gasteiger partial charge >= 0.3 is 0 Å². The molecular weight excluding hydrogens is 351 g/mol. The van der Waals surface area contributed by atoms with E-state index < -0.39 is 11.3 Å². The summed E-state index contributed by atoms with van der Waals surface area (Å²) in [5, 5.41) is 10.9. The lowest BCUT2D eigenvalue weighted by molar-refractivity contribution is -0.116. The molecule has 1 N–H and O–H groups in total. The van der Waals surface area contributed by atoms with Crippen LogP contribution in [0.25, 0.3) is 0 Å². The van der Waals surface area contributed by atoms with Crippen LogP contribution < -0.4 is 0 Å². The van der Waals surface area contributed by atoms with Gasteiger partial charge in [0.1, 0.15) is 5.60 Å². The smallest absolute Gasteiger partial charge is 0.161 e. The topological polar surface area (TPSA) is 26.7 Å². The van der Waals surface area contributed by atoms with E-state index in [9.17, 15) is 5.11 Å². The van der Waals surface area contributed by atoms with E-state index in [2.05, 4.69) is 49.6 Å². The van der Waals surface area contributed by atoms with Crippen molar-refractivity contribution < 1.29 is 9.50 Å². The number of aliphatic hydroxyl groups is 1. The third-order valence-corrected chi connectivity index (χ3v) is 6.75. The Labute approximate surface area is 167 Å². The Kier molecular flexibility index (Phi) is 4.65. The third-order valence-electron chi connectivity index (χ3n) is 6.75. The summed E-state index contributed by atoms with van der Waals surface area (Å²) in [5.41, 5.74) is 0.617. The number of halogens is 1. The van der Waals surface area contributed by atoms with E-state index >= 15 is 4.39 Å². The summed E-state index contributed by atoms with van der Waals surface area (Å²) in [4.78, 5) is 4.45. The molecule has 4 heteroatoms. The van der Waals surface area contributed by atoms with Crippen molar-refractivity contribution in [3.8, 4) is 0 Å². The van der Waals surface area contributed by atoms with Crippen molar-refractivity contribution >= 4 is 0 Å². The Balaban J connectivity index is 1.45. The van der Waals surface area contributed by atoms with Gasteiger partial charge in [0.2, 0.25) is 0 Å². The van der Waals surface area contributed by atoms with Crippen LogP contribution in [0.3, 0.4) is 0 Å². The summed E-state index contributed by atoms with van der Waals surface area (Å²) in [7, 11) is 0. The van der Waals surface area contributed by atoms with Crippen LogP contribution in [0.15, 0.2) is 54.6 Å². The molecule has 0 spiro atoms. The van der Waals surface area contributed by atoms with Crippen LogP contribution in [0, 0.1) is 0 Å². The summed E-state index contributed by atoms with van der Waals surface area (Å²) in [6.45, 7) is 10.8. The predicted octanol–water partition coefficient (Wildman–Crippen LogP) is 4.01. The Morgan fingerprint density at radius 2 is 1.46 bits per heavy atom. The number of likely N-dealkylation sites (tertiary alicyclic amines) is 2. The first-order valence-corrected chi connectivity index (χ1v) is 10.2. The second kappa shape index (κ2) is 6.65. The van der Waals surface area contributed by atoms with Crippen LogP contribution in [0.2, 0.25) is 0 Å². The molecule has 2 aliphatic rings. The monoisotopic (exact) mass is 382 g/mol. The van der Waals surface area contributed by atoms with E-state index in [0.717, 1.165) is 16.7 Å². The summed E-state index contributed by atoms with van der Waals surface area (Å²) < 4.78 is 15.2. The molecule has 0 aromatic heterocycles. The minimum absolute atomic E-state index is 0.255. The molecule has 28 heavy (non-hydrogen) atoms. The lowest BCUT2D eigenvalue weighted by Gasteiger charge is -2.53. The highest BCUT2D eigenvalue weighted by Gasteiger charge is 2.50. The molecule has 0 amide bonds. The van der Waals surface area contributed by atoms with Gasteiger partial charge in [-0.2, -0.15) is 0 Å². The average molecular weight is 383 g/mol. The molecule has 2 heterocycles. The highest BCUT2D eigenvalue weighted by Crippen LogP contribution is 2.43. The van der Waals surface area contributed by atoms with E-state index in [1.807, 2.05) is 42.5 Å². The highest BCUT2D eigenvalue weighted by molar-refractivity contribution is 5.35. The van der Waals surface area contributed by atoms with E-state index in [4.69, 9.17) is 0 Å². The number of hydrogen-bond donors (Lipinski definition) is 1. The molecule has 0 aliphatic carbocycles. The predicted molar refractivity (Wildman–Crippen MR) is 111 cm³/mol. The van der Waals surface area contributed by atoms with Crippen LogP contribution in [0.5, 0.6) is 0 Å². The van der Waals surface area contributed by atoms with Crippen molar-refractivity contribution in [2.24, 2.45) is 0 Å². The first-order chi connectivity index (χ1) is 13.1. The van der Waals surface area contributed by atoms with Crippen LogP contribution in [0.4, 0.5) is 4.39 Å². The van der Waals surface area contributed by atoms with Crippen LogP contribution in [0.1, 0.15) is 44.4 Å². The zero-order valence-electron chi connectivity index (χ0n) is 17.3. The Morgan fingerprint density at radius 3 is 2.00 bits per heavy atom. The van der Waals surface area contributed by atoms with Crippen molar-refractivity contribution in [2.75, 3.05) is 26.2 Å².